The number of aliphatic carboxylic acids is 1. The second-order valence-corrected chi connectivity index (χ2v) is 6.91. The van der Waals surface area contributed by atoms with Crippen molar-refractivity contribution in [1.29, 1.82) is 0 Å². The molecule has 1 amide bonds. The van der Waals surface area contributed by atoms with Crippen molar-refractivity contribution in [3.63, 3.8) is 0 Å². The van der Waals surface area contributed by atoms with E-state index in [4.69, 9.17) is 0 Å². The summed E-state index contributed by atoms with van der Waals surface area (Å²) in [7, 11) is -4.14. The van der Waals surface area contributed by atoms with Gasteiger partial charge in [-0.15, -0.1) is 0 Å². The van der Waals surface area contributed by atoms with Crippen molar-refractivity contribution in [2.75, 3.05) is 13.1 Å². The number of sulfonamides is 1. The van der Waals surface area contributed by atoms with Crippen molar-refractivity contribution >= 4 is 21.9 Å². The van der Waals surface area contributed by atoms with Gasteiger partial charge in [-0.1, -0.05) is 0 Å². The first-order valence-electron chi connectivity index (χ1n) is 6.65. The van der Waals surface area contributed by atoms with Gasteiger partial charge < -0.3 is 20.3 Å². The number of carboxylic acids is 1. The Bertz CT molecular complexity index is 706. The van der Waals surface area contributed by atoms with Crippen molar-refractivity contribution in [2.45, 2.75) is 23.5 Å². The summed E-state index contributed by atoms with van der Waals surface area (Å²) in [6, 6.07) is 2.77. The van der Waals surface area contributed by atoms with Crippen LogP contribution in [0.3, 0.4) is 0 Å². The van der Waals surface area contributed by atoms with Gasteiger partial charge in [0.2, 0.25) is 15.9 Å². The molecule has 10 heteroatoms. The van der Waals surface area contributed by atoms with Crippen LogP contribution in [0.5, 0.6) is 0 Å². The first-order valence-corrected chi connectivity index (χ1v) is 8.09. The maximum absolute atomic E-state index is 12.9. The Labute approximate surface area is 131 Å². The number of hydrogen-bond donors (Lipinski definition) is 2. The number of β-amino-alcohol motifs (C(OH)–C–C–N with tert-alkyl or cyclic N) is 1. The van der Waals surface area contributed by atoms with Gasteiger partial charge in [-0.25, -0.2) is 12.8 Å². The minimum atomic E-state index is -4.14. The minimum Gasteiger partial charge on any atom is -0.548 e. The summed E-state index contributed by atoms with van der Waals surface area (Å²) in [6.45, 7) is -1.08. The monoisotopic (exact) mass is 345 g/mol. The molecule has 0 aliphatic carbocycles. The van der Waals surface area contributed by atoms with E-state index in [9.17, 15) is 32.6 Å². The fraction of sp³-hybridized carbons (Fsp3) is 0.385. The van der Waals surface area contributed by atoms with Crippen LogP contribution in [0.15, 0.2) is 29.2 Å². The van der Waals surface area contributed by atoms with Crippen LogP contribution in [0.2, 0.25) is 0 Å². The van der Waals surface area contributed by atoms with Crippen molar-refractivity contribution in [2.24, 2.45) is 0 Å². The maximum Gasteiger partial charge on any atom is 0.243 e. The second kappa shape index (κ2) is 6.60. The van der Waals surface area contributed by atoms with Gasteiger partial charge in [0.15, 0.2) is 0 Å². The van der Waals surface area contributed by atoms with Crippen LogP contribution in [-0.2, 0) is 19.6 Å². The Hall–Kier alpha value is -2.04. The van der Waals surface area contributed by atoms with Crippen LogP contribution in [-0.4, -0.2) is 54.9 Å². The van der Waals surface area contributed by atoms with Gasteiger partial charge in [0.25, 0.3) is 0 Å². The van der Waals surface area contributed by atoms with E-state index in [1.54, 1.807) is 0 Å². The summed E-state index contributed by atoms with van der Waals surface area (Å²) >= 11 is 0. The molecule has 0 spiro atoms. The van der Waals surface area contributed by atoms with E-state index in [0.29, 0.717) is 0 Å². The van der Waals surface area contributed by atoms with Crippen LogP contribution < -0.4 is 10.4 Å². The zero-order chi connectivity index (χ0) is 17.2. The first-order chi connectivity index (χ1) is 10.7. The molecule has 0 unspecified atom stereocenters. The molecule has 1 heterocycles. The lowest BCUT2D eigenvalue weighted by molar-refractivity contribution is -0.304. The van der Waals surface area contributed by atoms with Gasteiger partial charge in [-0.2, -0.15) is 4.31 Å². The summed E-state index contributed by atoms with van der Waals surface area (Å²) in [5.74, 6) is -2.99. The second-order valence-electron chi connectivity index (χ2n) is 5.02. The number of carbonyl (C=O) groups is 2. The highest BCUT2D eigenvalue weighted by Crippen LogP contribution is 2.26. The van der Waals surface area contributed by atoms with E-state index in [0.717, 1.165) is 28.6 Å². The minimum absolute atomic E-state index is 0.167. The number of carbonyl (C=O) groups excluding carboxylic acids is 2. The number of aliphatic hydroxyl groups is 1. The third kappa shape index (κ3) is 3.84. The van der Waals surface area contributed by atoms with E-state index in [1.165, 1.54) is 0 Å². The molecule has 1 saturated heterocycles. The highest BCUT2D eigenvalue weighted by Gasteiger charge is 2.43. The largest absolute Gasteiger partial charge is 0.548 e. The van der Waals surface area contributed by atoms with Gasteiger partial charge in [0.05, 0.1) is 23.5 Å². The van der Waals surface area contributed by atoms with Crippen molar-refractivity contribution in [1.82, 2.24) is 9.62 Å². The summed E-state index contributed by atoms with van der Waals surface area (Å²) in [5.41, 5.74) is 0. The molecule has 1 aromatic carbocycles. The zero-order valence-electron chi connectivity index (χ0n) is 11.8. The molecule has 1 aliphatic rings. The average molecular weight is 345 g/mol. The molecule has 1 fully saturated rings. The van der Waals surface area contributed by atoms with Gasteiger partial charge >= 0.3 is 0 Å². The number of hydrogen-bond acceptors (Lipinski definition) is 6. The molecule has 8 nitrogen and oxygen atoms in total. The standard InChI is InChI=1S/C13H15FN2O6S/c14-8-1-3-10(4-2-8)23(21,22)16-7-9(17)5-11(16)13(20)15-6-12(18)19/h1-4,9,11,17H,5-7H2,(H,15,20)(H,18,19)/p-1/t9-,11-/m0/s1. The molecule has 2 atom stereocenters. The van der Waals surface area contributed by atoms with Gasteiger partial charge in [-0.05, 0) is 24.3 Å². The molecule has 0 aromatic heterocycles. The van der Waals surface area contributed by atoms with Crippen LogP contribution in [0, 0.1) is 5.82 Å². The number of halogens is 1. The zero-order valence-corrected chi connectivity index (χ0v) is 12.6. The van der Waals surface area contributed by atoms with Crippen molar-refractivity contribution < 1.29 is 32.6 Å². The Morgan fingerprint density at radius 3 is 2.52 bits per heavy atom. The molecule has 126 valence electrons. The molecular formula is C13H14FN2O6S-. The summed E-state index contributed by atoms with van der Waals surface area (Å²) in [6.07, 6.45) is -1.23. The highest BCUT2D eigenvalue weighted by atomic mass is 32.2. The lowest BCUT2D eigenvalue weighted by Gasteiger charge is -2.23. The predicted octanol–water partition coefficient (Wildman–Crippen LogP) is -2.18. The topological polar surface area (TPSA) is 127 Å². The molecule has 0 saturated carbocycles. The van der Waals surface area contributed by atoms with Gasteiger partial charge in [0.1, 0.15) is 11.9 Å². The van der Waals surface area contributed by atoms with Gasteiger partial charge in [-0.3, -0.25) is 4.79 Å². The summed E-state index contributed by atoms with van der Waals surface area (Å²) < 4.78 is 38.8. The number of aliphatic hydroxyl groups excluding tert-OH is 1. The van der Waals surface area contributed by atoms with E-state index >= 15 is 0 Å². The molecule has 0 radical (unpaired) electrons. The normalized spacial score (nSPS) is 22.0. The Kier molecular flexibility index (Phi) is 4.97. The molecule has 2 rings (SSSR count). The molecule has 0 bridgehead atoms. The third-order valence-electron chi connectivity index (χ3n) is 3.36. The van der Waals surface area contributed by atoms with Crippen LogP contribution in [0.1, 0.15) is 6.42 Å². The first kappa shape index (κ1) is 17.3. The van der Waals surface area contributed by atoms with Gasteiger partial charge in [0, 0.05) is 13.0 Å². The Morgan fingerprint density at radius 2 is 1.96 bits per heavy atom. The van der Waals surface area contributed by atoms with E-state index in [2.05, 4.69) is 0 Å². The van der Waals surface area contributed by atoms with Crippen molar-refractivity contribution in [3.05, 3.63) is 30.1 Å². The quantitative estimate of drug-likeness (QED) is 0.624. The third-order valence-corrected chi connectivity index (χ3v) is 5.25. The SMILES string of the molecule is O=C([O-])CNC(=O)[C@@H]1C[C@H](O)CN1S(=O)(=O)c1ccc(F)cc1. The molecule has 2 N–H and O–H groups in total. The number of nitrogens with one attached hydrogen (secondary N) is 1. The molecular weight excluding hydrogens is 331 g/mol. The van der Waals surface area contributed by atoms with Crippen LogP contribution in [0.25, 0.3) is 0 Å². The van der Waals surface area contributed by atoms with Crippen molar-refractivity contribution in [3.8, 4) is 0 Å². The molecule has 1 aromatic rings. The van der Waals surface area contributed by atoms with Crippen LogP contribution in [0.4, 0.5) is 4.39 Å². The number of carboxylic acid groups (broad SMARTS) is 1. The van der Waals surface area contributed by atoms with Crippen LogP contribution >= 0.6 is 0 Å². The number of amides is 1. The fourth-order valence-corrected chi connectivity index (χ4v) is 3.94. The van der Waals surface area contributed by atoms with E-state index < -0.39 is 46.4 Å². The summed E-state index contributed by atoms with van der Waals surface area (Å²) in [5, 5.41) is 22.1. The predicted molar refractivity (Wildman–Crippen MR) is 72.7 cm³/mol. The Morgan fingerprint density at radius 1 is 1.35 bits per heavy atom. The highest BCUT2D eigenvalue weighted by molar-refractivity contribution is 7.89. The average Bonchev–Trinajstić information content (AvgIpc) is 2.88. The van der Waals surface area contributed by atoms with E-state index in [1.807, 2.05) is 5.32 Å². The van der Waals surface area contributed by atoms with E-state index in [-0.39, 0.29) is 17.9 Å². The number of nitrogens with zero attached hydrogens (tertiary/aromatic N) is 1. The molecule has 1 aliphatic heterocycles. The fourth-order valence-electron chi connectivity index (χ4n) is 2.31. The lowest BCUT2D eigenvalue weighted by Crippen LogP contribution is -2.48. The Balaban J connectivity index is 2.25. The number of benzene rings is 1. The lowest BCUT2D eigenvalue weighted by atomic mass is 10.2. The smallest absolute Gasteiger partial charge is 0.243 e. The summed E-state index contributed by atoms with van der Waals surface area (Å²) in [4.78, 5) is 22.1. The number of rotatable bonds is 5. The molecule has 23 heavy (non-hydrogen) atoms. The maximum atomic E-state index is 12.9.